The molecule has 0 spiro atoms. The highest BCUT2D eigenvalue weighted by atomic mass is 28.4. The lowest BCUT2D eigenvalue weighted by molar-refractivity contribution is -0.136. The molecular weight excluding hydrogens is 901 g/mol. The van der Waals surface area contributed by atoms with Gasteiger partial charge in [-0.15, -0.1) is 0 Å². The van der Waals surface area contributed by atoms with Gasteiger partial charge in [0.2, 0.25) is 23.6 Å². The summed E-state index contributed by atoms with van der Waals surface area (Å²) in [5.41, 5.74) is 3.78. The molecule has 10 nitrogen and oxygen atoms in total. The molecule has 1 aliphatic rings. The van der Waals surface area contributed by atoms with Crippen LogP contribution in [-0.2, 0) is 49.3 Å². The summed E-state index contributed by atoms with van der Waals surface area (Å²) < 4.78 is 7.42. The minimum atomic E-state index is -3.04. The van der Waals surface area contributed by atoms with E-state index >= 15 is 4.79 Å². The highest BCUT2D eigenvalue weighted by molar-refractivity contribution is 6.99. The van der Waals surface area contributed by atoms with Crippen LogP contribution in [0.4, 0.5) is 0 Å². The number of rotatable bonds is 16. The Balaban J connectivity index is 1.31. The summed E-state index contributed by atoms with van der Waals surface area (Å²) in [5.74, 6) is -1.09. The number of aliphatic hydroxyl groups excluding tert-OH is 1. The summed E-state index contributed by atoms with van der Waals surface area (Å²) in [5, 5.41) is 18.9. The number of benzene rings is 6. The number of carbonyl (C=O) groups is 4. The van der Waals surface area contributed by atoms with Crippen LogP contribution in [0.15, 0.2) is 182 Å². The Kier molecular flexibility index (Phi) is 18.7. The van der Waals surface area contributed by atoms with Gasteiger partial charge in [0.25, 0.3) is 8.32 Å². The molecule has 71 heavy (non-hydrogen) atoms. The molecule has 4 atom stereocenters. The average Bonchev–Trinajstić information content (AvgIpc) is 3.36. The summed E-state index contributed by atoms with van der Waals surface area (Å²) in [6, 6.07) is 57.4. The zero-order valence-electron chi connectivity index (χ0n) is 41.5. The van der Waals surface area contributed by atoms with Crippen LogP contribution in [0.25, 0.3) is 0 Å². The van der Waals surface area contributed by atoms with Gasteiger partial charge in [0, 0.05) is 62.9 Å². The molecule has 1 unspecified atom stereocenters. The van der Waals surface area contributed by atoms with Crippen LogP contribution in [0.3, 0.4) is 0 Å². The molecular formula is C60H70N4O6Si. The minimum absolute atomic E-state index is 0.00558. The van der Waals surface area contributed by atoms with Crippen molar-refractivity contribution in [3.8, 4) is 0 Å². The molecule has 1 saturated heterocycles. The van der Waals surface area contributed by atoms with Crippen molar-refractivity contribution in [3.05, 3.63) is 204 Å². The molecule has 6 aromatic rings. The van der Waals surface area contributed by atoms with Crippen LogP contribution in [0.5, 0.6) is 0 Å². The molecule has 1 heterocycles. The van der Waals surface area contributed by atoms with Crippen LogP contribution in [-0.4, -0.2) is 97.3 Å². The Morgan fingerprint density at radius 1 is 0.479 bits per heavy atom. The molecule has 0 bridgehead atoms. The Morgan fingerprint density at radius 2 is 0.803 bits per heavy atom. The number of amides is 4. The summed E-state index contributed by atoms with van der Waals surface area (Å²) in [7, 11) is -3.04. The summed E-state index contributed by atoms with van der Waals surface area (Å²) in [6.45, 7) is 6.74. The van der Waals surface area contributed by atoms with E-state index in [9.17, 15) is 19.5 Å². The number of carbonyl (C=O) groups excluding carboxylic acids is 4. The van der Waals surface area contributed by atoms with E-state index < -0.39 is 32.5 Å². The van der Waals surface area contributed by atoms with Gasteiger partial charge in [0.05, 0.1) is 13.2 Å². The zero-order valence-corrected chi connectivity index (χ0v) is 42.5. The molecule has 0 saturated carbocycles. The Labute approximate surface area is 421 Å². The second kappa shape index (κ2) is 25.5. The molecule has 4 amide bonds. The minimum Gasteiger partial charge on any atom is -0.406 e. The Bertz CT molecular complexity index is 2540. The van der Waals surface area contributed by atoms with Crippen LogP contribution in [0.1, 0.15) is 68.7 Å². The fourth-order valence-electron chi connectivity index (χ4n) is 10.3. The second-order valence-corrected chi connectivity index (χ2v) is 24.1. The summed E-state index contributed by atoms with van der Waals surface area (Å²) in [4.78, 5) is 63.2. The summed E-state index contributed by atoms with van der Waals surface area (Å²) >= 11 is 0. The smallest absolute Gasteiger partial charge is 0.261 e. The number of hydrogen-bond acceptors (Lipinski definition) is 6. The maximum Gasteiger partial charge on any atom is 0.261 e. The molecule has 1 aliphatic heterocycles. The standard InChI is InChI=1S/C60H70N4O6Si/c1-60(2,3)71(54-30-18-8-19-31-54,55-32-20-9-21-33-55)70-37-35-64-53(41-49-28-16-7-17-29-49)45-57(67)61-50(38-46-22-10-4-11-23-46)42-58(68)63(34-36-65)52(40-48-26-14-6-15-27-48)44-56(66)62-51(43-59(64)69)39-47-24-12-5-13-25-47/h4-33,50-53,65H,34-45H2,1-3H3,(H,61,67)(H,62,66)/t50-,51?,52-,53-/m0/s1. The molecule has 0 aliphatic carbocycles. The topological polar surface area (TPSA) is 128 Å². The lowest BCUT2D eigenvalue weighted by Gasteiger charge is -2.43. The SMILES string of the molecule is CC(C)(C)[Si](OCCN1C(=O)CC(Cc2ccccc2)NC(=O)C[C@H](Cc2ccccc2)N(CCO)C(=O)C[C@H](Cc2ccccc2)NC(=O)C[C@@H]1Cc1ccccc1)(c1ccccc1)c1ccccc1. The van der Waals surface area contributed by atoms with E-state index in [1.54, 1.807) is 4.90 Å². The van der Waals surface area contributed by atoms with E-state index in [0.29, 0.717) is 25.7 Å². The highest BCUT2D eigenvalue weighted by Crippen LogP contribution is 2.37. The number of aliphatic hydroxyl groups is 1. The number of β-amino-alcohol motifs (C(OH)–C–C–N with tert-alkyl or cyclic N) is 1. The Morgan fingerprint density at radius 3 is 1.14 bits per heavy atom. The first-order chi connectivity index (χ1) is 34.4. The first-order valence-electron chi connectivity index (χ1n) is 25.1. The first-order valence-corrected chi connectivity index (χ1v) is 27.0. The quantitative estimate of drug-likeness (QED) is 0.0865. The van der Waals surface area contributed by atoms with E-state index in [0.717, 1.165) is 32.6 Å². The van der Waals surface area contributed by atoms with Crippen LogP contribution >= 0.6 is 0 Å². The lowest BCUT2D eigenvalue weighted by atomic mass is 9.96. The van der Waals surface area contributed by atoms with Gasteiger partial charge in [0.15, 0.2) is 0 Å². The highest BCUT2D eigenvalue weighted by Gasteiger charge is 2.50. The average molecular weight is 971 g/mol. The first kappa shape index (κ1) is 52.2. The van der Waals surface area contributed by atoms with Gasteiger partial charge in [-0.05, 0) is 63.3 Å². The third-order valence-electron chi connectivity index (χ3n) is 13.6. The van der Waals surface area contributed by atoms with Gasteiger partial charge in [0.1, 0.15) is 0 Å². The second-order valence-electron chi connectivity index (χ2n) is 19.8. The van der Waals surface area contributed by atoms with E-state index in [4.69, 9.17) is 4.43 Å². The maximum atomic E-state index is 15.5. The molecule has 7 rings (SSSR count). The normalized spacial score (nSPS) is 19.0. The molecule has 0 radical (unpaired) electrons. The third-order valence-corrected chi connectivity index (χ3v) is 18.7. The van der Waals surface area contributed by atoms with Crippen molar-refractivity contribution in [1.82, 2.24) is 20.4 Å². The van der Waals surface area contributed by atoms with Gasteiger partial charge in [-0.25, -0.2) is 0 Å². The predicted molar refractivity (Wildman–Crippen MR) is 285 cm³/mol. The van der Waals surface area contributed by atoms with Gasteiger partial charge in [-0.3, -0.25) is 19.2 Å². The molecule has 1 fully saturated rings. The Hall–Kier alpha value is -6.66. The third kappa shape index (κ3) is 14.5. The fourth-order valence-corrected chi connectivity index (χ4v) is 14.9. The molecule has 370 valence electrons. The van der Waals surface area contributed by atoms with E-state index in [-0.39, 0.29) is 80.7 Å². The van der Waals surface area contributed by atoms with E-state index in [2.05, 4.69) is 55.7 Å². The van der Waals surface area contributed by atoms with Crippen molar-refractivity contribution in [3.63, 3.8) is 0 Å². The lowest BCUT2D eigenvalue weighted by Crippen LogP contribution is -2.67. The molecule has 6 aromatic carbocycles. The van der Waals surface area contributed by atoms with Crippen molar-refractivity contribution in [2.24, 2.45) is 0 Å². The van der Waals surface area contributed by atoms with Gasteiger partial charge in [-0.1, -0.05) is 203 Å². The van der Waals surface area contributed by atoms with Crippen LogP contribution in [0, 0.1) is 0 Å². The number of nitrogens with one attached hydrogen (secondary N) is 2. The van der Waals surface area contributed by atoms with Gasteiger partial charge in [-0.2, -0.15) is 0 Å². The van der Waals surface area contributed by atoms with Gasteiger partial charge >= 0.3 is 0 Å². The summed E-state index contributed by atoms with van der Waals surface area (Å²) in [6.07, 6.45) is 1.25. The van der Waals surface area contributed by atoms with Crippen molar-refractivity contribution in [1.29, 1.82) is 0 Å². The van der Waals surface area contributed by atoms with E-state index in [1.165, 1.54) is 0 Å². The molecule has 11 heteroatoms. The van der Waals surface area contributed by atoms with Crippen LogP contribution < -0.4 is 21.0 Å². The van der Waals surface area contributed by atoms with E-state index in [1.807, 2.05) is 163 Å². The van der Waals surface area contributed by atoms with Crippen LogP contribution in [0.2, 0.25) is 5.04 Å². The van der Waals surface area contributed by atoms with Crippen molar-refractivity contribution < 1.29 is 28.7 Å². The largest absolute Gasteiger partial charge is 0.406 e. The number of hydrogen-bond donors (Lipinski definition) is 3. The zero-order chi connectivity index (χ0) is 50.1. The monoisotopic (exact) mass is 971 g/mol. The maximum absolute atomic E-state index is 15.5. The molecule has 3 N–H and O–H groups in total. The van der Waals surface area contributed by atoms with Crippen molar-refractivity contribution in [2.75, 3.05) is 26.3 Å². The molecule has 0 aromatic heterocycles. The van der Waals surface area contributed by atoms with Crippen molar-refractivity contribution >= 4 is 42.3 Å². The predicted octanol–water partition coefficient (Wildman–Crippen LogP) is 7.46. The van der Waals surface area contributed by atoms with Crippen molar-refractivity contribution in [2.45, 2.75) is 101 Å². The van der Waals surface area contributed by atoms with Gasteiger partial charge < -0.3 is 30.0 Å². The fraction of sp³-hybridized carbons (Fsp3) is 0.333. The number of nitrogens with zero attached hydrogens (tertiary/aromatic N) is 2.